The number of hydrogen-bond acceptors (Lipinski definition) is 0. The van der Waals surface area contributed by atoms with E-state index in [1.54, 1.807) is 0 Å². The van der Waals surface area contributed by atoms with Crippen LogP contribution in [0.5, 0.6) is 0 Å². The van der Waals surface area contributed by atoms with Gasteiger partial charge in [0.25, 0.3) is 0 Å². The molecular formula is C21H19Br. The normalized spacial score (nSPS) is 24.1. The second-order valence-corrected chi connectivity index (χ2v) is 7.77. The third-order valence-electron chi connectivity index (χ3n) is 5.25. The van der Waals surface area contributed by atoms with Crippen LogP contribution in [-0.2, 0) is 5.41 Å². The van der Waals surface area contributed by atoms with Gasteiger partial charge in [0.2, 0.25) is 0 Å². The van der Waals surface area contributed by atoms with Crippen LogP contribution in [-0.4, -0.2) is 0 Å². The first-order valence-corrected chi connectivity index (χ1v) is 8.62. The average Bonchev–Trinajstić information content (AvgIpc) is 2.77. The van der Waals surface area contributed by atoms with Crippen LogP contribution in [0.1, 0.15) is 30.9 Å². The Bertz CT molecular complexity index is 778. The Hall–Kier alpha value is -1.60. The molecule has 0 amide bonds. The van der Waals surface area contributed by atoms with Gasteiger partial charge >= 0.3 is 0 Å². The van der Waals surface area contributed by atoms with Crippen molar-refractivity contribution in [2.75, 3.05) is 0 Å². The number of hydrogen-bond donors (Lipinski definition) is 0. The zero-order valence-electron chi connectivity index (χ0n) is 12.9. The van der Waals surface area contributed by atoms with E-state index in [4.69, 9.17) is 0 Å². The quantitative estimate of drug-likeness (QED) is 0.571. The fourth-order valence-electron chi connectivity index (χ4n) is 4.00. The SMILES string of the molecule is CC1(C)c2cc(-c3ccc(Br)cc3)ccc2C2C=CC=CC21. The molecule has 0 spiro atoms. The Morgan fingerprint density at radius 3 is 2.32 bits per heavy atom. The van der Waals surface area contributed by atoms with E-state index in [1.165, 1.54) is 22.3 Å². The lowest BCUT2D eigenvalue weighted by Gasteiger charge is -2.29. The van der Waals surface area contributed by atoms with E-state index in [-0.39, 0.29) is 5.41 Å². The minimum absolute atomic E-state index is 0.187. The van der Waals surface area contributed by atoms with Crippen LogP contribution < -0.4 is 0 Å². The highest BCUT2D eigenvalue weighted by molar-refractivity contribution is 9.10. The summed E-state index contributed by atoms with van der Waals surface area (Å²) >= 11 is 3.51. The number of fused-ring (bicyclic) bond motifs is 3. The van der Waals surface area contributed by atoms with Crippen molar-refractivity contribution in [2.24, 2.45) is 5.92 Å². The van der Waals surface area contributed by atoms with Crippen molar-refractivity contribution in [1.29, 1.82) is 0 Å². The van der Waals surface area contributed by atoms with Gasteiger partial charge in [0.05, 0.1) is 0 Å². The van der Waals surface area contributed by atoms with E-state index in [0.717, 1.165) is 4.47 Å². The molecule has 0 bridgehead atoms. The van der Waals surface area contributed by atoms with Gasteiger partial charge in [0, 0.05) is 10.4 Å². The molecule has 2 aliphatic carbocycles. The highest BCUT2D eigenvalue weighted by Crippen LogP contribution is 2.53. The largest absolute Gasteiger partial charge is 0.0796 e. The molecule has 0 aromatic heterocycles. The van der Waals surface area contributed by atoms with E-state index < -0.39 is 0 Å². The lowest BCUT2D eigenvalue weighted by atomic mass is 9.74. The maximum absolute atomic E-state index is 3.51. The molecule has 2 aliphatic rings. The van der Waals surface area contributed by atoms with Gasteiger partial charge in [-0.05, 0) is 45.7 Å². The Balaban J connectivity index is 1.84. The van der Waals surface area contributed by atoms with Crippen molar-refractivity contribution in [3.05, 3.63) is 82.4 Å². The summed E-state index contributed by atoms with van der Waals surface area (Å²) in [7, 11) is 0. The zero-order valence-corrected chi connectivity index (χ0v) is 14.5. The number of allylic oxidation sites excluding steroid dienone is 4. The number of benzene rings is 2. The summed E-state index contributed by atoms with van der Waals surface area (Å²) in [6.45, 7) is 4.76. The molecule has 2 aromatic carbocycles. The monoisotopic (exact) mass is 350 g/mol. The number of rotatable bonds is 1. The third-order valence-corrected chi connectivity index (χ3v) is 5.78. The van der Waals surface area contributed by atoms with Gasteiger partial charge in [0.15, 0.2) is 0 Å². The first-order chi connectivity index (χ1) is 10.6. The fourth-order valence-corrected chi connectivity index (χ4v) is 4.26. The Morgan fingerprint density at radius 2 is 1.55 bits per heavy atom. The predicted octanol–water partition coefficient (Wildman–Crippen LogP) is 6.23. The van der Waals surface area contributed by atoms with Crippen molar-refractivity contribution in [1.82, 2.24) is 0 Å². The standard InChI is InChI=1S/C21H19Br/c1-21(2)19-6-4-3-5-17(19)18-12-9-15(13-20(18)21)14-7-10-16(22)11-8-14/h3-13,17,19H,1-2H3. The van der Waals surface area contributed by atoms with E-state index in [2.05, 4.69) is 96.5 Å². The maximum atomic E-state index is 3.51. The smallest absolute Gasteiger partial charge is 0.0175 e. The summed E-state index contributed by atoms with van der Waals surface area (Å²) < 4.78 is 1.12. The van der Waals surface area contributed by atoms with Crippen molar-refractivity contribution >= 4 is 15.9 Å². The zero-order chi connectivity index (χ0) is 15.3. The summed E-state index contributed by atoms with van der Waals surface area (Å²) in [5, 5.41) is 0. The summed E-state index contributed by atoms with van der Waals surface area (Å²) in [6, 6.07) is 15.6. The van der Waals surface area contributed by atoms with Crippen LogP contribution in [0.3, 0.4) is 0 Å². The van der Waals surface area contributed by atoms with Gasteiger partial charge in [-0.3, -0.25) is 0 Å². The van der Waals surface area contributed by atoms with Crippen LogP contribution >= 0.6 is 15.9 Å². The highest BCUT2D eigenvalue weighted by Gasteiger charge is 2.44. The lowest BCUT2D eigenvalue weighted by Crippen LogP contribution is -2.24. The Morgan fingerprint density at radius 1 is 0.864 bits per heavy atom. The second kappa shape index (κ2) is 4.96. The van der Waals surface area contributed by atoms with Gasteiger partial charge in [-0.1, -0.05) is 84.4 Å². The van der Waals surface area contributed by atoms with E-state index in [1.807, 2.05) is 0 Å². The topological polar surface area (TPSA) is 0 Å². The molecule has 0 fully saturated rings. The molecule has 2 atom stereocenters. The average molecular weight is 351 g/mol. The van der Waals surface area contributed by atoms with Crippen molar-refractivity contribution in [3.63, 3.8) is 0 Å². The summed E-state index contributed by atoms with van der Waals surface area (Å²) in [4.78, 5) is 0. The van der Waals surface area contributed by atoms with Crippen LogP contribution in [0.15, 0.2) is 71.2 Å². The molecule has 0 saturated carbocycles. The van der Waals surface area contributed by atoms with Crippen LogP contribution in [0.2, 0.25) is 0 Å². The van der Waals surface area contributed by atoms with Crippen LogP contribution in [0.4, 0.5) is 0 Å². The lowest BCUT2D eigenvalue weighted by molar-refractivity contribution is 0.394. The van der Waals surface area contributed by atoms with Crippen molar-refractivity contribution in [3.8, 4) is 11.1 Å². The van der Waals surface area contributed by atoms with E-state index in [0.29, 0.717) is 11.8 Å². The van der Waals surface area contributed by atoms with Gasteiger partial charge in [-0.2, -0.15) is 0 Å². The minimum atomic E-state index is 0.187. The van der Waals surface area contributed by atoms with Crippen molar-refractivity contribution in [2.45, 2.75) is 25.2 Å². The number of halogens is 1. The molecule has 2 aromatic rings. The predicted molar refractivity (Wildman–Crippen MR) is 97.1 cm³/mol. The summed E-state index contributed by atoms with van der Waals surface area (Å²) in [6.07, 6.45) is 9.13. The highest BCUT2D eigenvalue weighted by atomic mass is 79.9. The van der Waals surface area contributed by atoms with Crippen LogP contribution in [0.25, 0.3) is 11.1 Å². The summed E-state index contributed by atoms with van der Waals surface area (Å²) in [5.74, 6) is 1.11. The molecule has 1 heteroatoms. The Labute approximate surface area is 140 Å². The molecule has 110 valence electrons. The molecule has 2 unspecified atom stereocenters. The first-order valence-electron chi connectivity index (χ1n) is 7.83. The maximum Gasteiger partial charge on any atom is 0.0175 e. The molecule has 0 N–H and O–H groups in total. The minimum Gasteiger partial charge on any atom is -0.0796 e. The molecule has 0 aliphatic heterocycles. The third kappa shape index (κ3) is 2.03. The summed E-state index contributed by atoms with van der Waals surface area (Å²) in [5.41, 5.74) is 5.77. The molecule has 0 saturated heterocycles. The molecule has 22 heavy (non-hydrogen) atoms. The van der Waals surface area contributed by atoms with Crippen LogP contribution in [0, 0.1) is 5.92 Å². The van der Waals surface area contributed by atoms with Gasteiger partial charge in [-0.25, -0.2) is 0 Å². The second-order valence-electron chi connectivity index (χ2n) is 6.85. The first kappa shape index (κ1) is 14.0. The van der Waals surface area contributed by atoms with E-state index >= 15 is 0 Å². The molecule has 0 heterocycles. The van der Waals surface area contributed by atoms with Gasteiger partial charge in [0.1, 0.15) is 0 Å². The molecular weight excluding hydrogens is 332 g/mol. The molecule has 0 nitrogen and oxygen atoms in total. The van der Waals surface area contributed by atoms with Gasteiger partial charge in [-0.15, -0.1) is 0 Å². The van der Waals surface area contributed by atoms with E-state index in [9.17, 15) is 0 Å². The van der Waals surface area contributed by atoms with Crippen molar-refractivity contribution < 1.29 is 0 Å². The molecule has 0 radical (unpaired) electrons. The van der Waals surface area contributed by atoms with Gasteiger partial charge < -0.3 is 0 Å². The Kier molecular flexibility index (Phi) is 3.16. The fraction of sp³-hybridized carbons (Fsp3) is 0.238. The molecule has 4 rings (SSSR count).